The van der Waals surface area contributed by atoms with Crippen molar-refractivity contribution in [3.05, 3.63) is 26.9 Å². The fourth-order valence-corrected chi connectivity index (χ4v) is 3.81. The number of hydrogen-bond acceptors (Lipinski definition) is 2. The van der Waals surface area contributed by atoms with Crippen LogP contribution in [0.4, 0.5) is 0 Å². The molecule has 2 rings (SSSR count). The van der Waals surface area contributed by atoms with Gasteiger partial charge in [-0.2, -0.15) is 0 Å². The van der Waals surface area contributed by atoms with E-state index in [0.717, 1.165) is 21.2 Å². The van der Waals surface area contributed by atoms with Crippen LogP contribution in [-0.2, 0) is 6.54 Å². The minimum Gasteiger partial charge on any atom is -0.308 e. The highest BCUT2D eigenvalue weighted by molar-refractivity contribution is 9.11. The van der Waals surface area contributed by atoms with Crippen LogP contribution in [-0.4, -0.2) is 11.0 Å². The molecule has 100 valence electrons. The van der Waals surface area contributed by atoms with Gasteiger partial charge in [0.1, 0.15) is 0 Å². The molecule has 1 aliphatic rings. The molecule has 0 amide bonds. The Hall–Kier alpha value is 0.0700. The van der Waals surface area contributed by atoms with E-state index < -0.39 is 0 Å². The van der Waals surface area contributed by atoms with Crippen molar-refractivity contribution in [3.8, 4) is 0 Å². The third-order valence-corrected chi connectivity index (χ3v) is 4.77. The van der Waals surface area contributed by atoms with Gasteiger partial charge in [0.15, 0.2) is 0 Å². The first-order valence-corrected chi connectivity index (χ1v) is 8.08. The van der Waals surface area contributed by atoms with Gasteiger partial charge in [-0.05, 0) is 62.6 Å². The van der Waals surface area contributed by atoms with Crippen LogP contribution in [0.3, 0.4) is 0 Å². The molecule has 1 saturated carbocycles. The second-order valence-electron chi connectivity index (χ2n) is 5.92. The summed E-state index contributed by atoms with van der Waals surface area (Å²) in [6, 6.07) is 2.68. The molecule has 1 aromatic heterocycles. The fraction of sp³-hybridized carbons (Fsp3) is 0.643. The molecule has 1 heterocycles. The zero-order valence-electron chi connectivity index (χ0n) is 11.0. The van der Waals surface area contributed by atoms with Crippen molar-refractivity contribution in [1.29, 1.82) is 0 Å². The molecule has 0 spiro atoms. The second-order valence-corrected chi connectivity index (χ2v) is 7.69. The maximum Gasteiger partial charge on any atom is 0.0684 e. The highest BCUT2D eigenvalue weighted by Crippen LogP contribution is 2.35. The summed E-state index contributed by atoms with van der Waals surface area (Å²) in [6.07, 6.45) is 7.09. The summed E-state index contributed by atoms with van der Waals surface area (Å²) < 4.78 is 2.08. The Morgan fingerprint density at radius 3 is 2.89 bits per heavy atom. The molecule has 1 aliphatic carbocycles. The molecular formula is C14H20Br2N2. The first-order chi connectivity index (χ1) is 8.46. The number of pyridine rings is 1. The van der Waals surface area contributed by atoms with E-state index in [4.69, 9.17) is 0 Å². The van der Waals surface area contributed by atoms with Crippen molar-refractivity contribution in [1.82, 2.24) is 10.3 Å². The predicted molar refractivity (Wildman–Crippen MR) is 82.5 cm³/mol. The normalized spacial score (nSPS) is 23.0. The Labute approximate surface area is 126 Å². The first-order valence-electron chi connectivity index (χ1n) is 6.50. The van der Waals surface area contributed by atoms with Gasteiger partial charge in [0.25, 0.3) is 0 Å². The van der Waals surface area contributed by atoms with Gasteiger partial charge in [0.05, 0.1) is 5.69 Å². The van der Waals surface area contributed by atoms with E-state index in [1.54, 1.807) is 0 Å². The van der Waals surface area contributed by atoms with E-state index in [1.807, 2.05) is 6.20 Å². The summed E-state index contributed by atoms with van der Waals surface area (Å²) in [5.41, 5.74) is 1.57. The molecule has 18 heavy (non-hydrogen) atoms. The lowest BCUT2D eigenvalue weighted by molar-refractivity contribution is 0.197. The predicted octanol–water partition coefficient (Wildman–Crippen LogP) is 4.67. The smallest absolute Gasteiger partial charge is 0.0684 e. The van der Waals surface area contributed by atoms with E-state index in [2.05, 4.69) is 62.1 Å². The number of nitrogens with zero attached hydrogens (tertiary/aromatic N) is 1. The quantitative estimate of drug-likeness (QED) is 0.830. The highest BCUT2D eigenvalue weighted by atomic mass is 79.9. The Bertz CT molecular complexity index is 418. The summed E-state index contributed by atoms with van der Waals surface area (Å²) in [5, 5.41) is 3.65. The van der Waals surface area contributed by atoms with Crippen LogP contribution in [0.5, 0.6) is 0 Å². The number of aromatic nitrogens is 1. The monoisotopic (exact) mass is 374 g/mol. The van der Waals surface area contributed by atoms with Gasteiger partial charge in [-0.15, -0.1) is 0 Å². The van der Waals surface area contributed by atoms with Gasteiger partial charge in [0.2, 0.25) is 0 Å². The van der Waals surface area contributed by atoms with E-state index in [1.165, 1.54) is 25.7 Å². The lowest BCUT2D eigenvalue weighted by Crippen LogP contribution is -2.37. The molecule has 0 aromatic carbocycles. The molecule has 1 N–H and O–H groups in total. The van der Waals surface area contributed by atoms with Gasteiger partial charge in [-0.1, -0.05) is 20.3 Å². The van der Waals surface area contributed by atoms with Crippen LogP contribution in [0.25, 0.3) is 0 Å². The Morgan fingerprint density at radius 2 is 2.22 bits per heavy atom. The average Bonchev–Trinajstić information content (AvgIpc) is 2.26. The summed E-state index contributed by atoms with van der Waals surface area (Å²) in [6.45, 7) is 5.58. The summed E-state index contributed by atoms with van der Waals surface area (Å²) in [4.78, 5) is 4.44. The van der Waals surface area contributed by atoms with Gasteiger partial charge >= 0.3 is 0 Å². The molecule has 4 heteroatoms. The molecule has 2 nitrogen and oxygen atoms in total. The van der Waals surface area contributed by atoms with Crippen molar-refractivity contribution >= 4 is 31.9 Å². The molecule has 1 unspecified atom stereocenters. The van der Waals surface area contributed by atoms with Crippen molar-refractivity contribution in [3.63, 3.8) is 0 Å². The topological polar surface area (TPSA) is 24.9 Å². The number of rotatable bonds is 3. The van der Waals surface area contributed by atoms with E-state index >= 15 is 0 Å². The zero-order chi connectivity index (χ0) is 13.2. The molecule has 0 saturated heterocycles. The minimum absolute atomic E-state index is 0.486. The number of hydrogen-bond donors (Lipinski definition) is 1. The lowest BCUT2D eigenvalue weighted by atomic mass is 9.75. The summed E-state index contributed by atoms with van der Waals surface area (Å²) in [7, 11) is 0. The summed E-state index contributed by atoms with van der Waals surface area (Å²) in [5.74, 6) is 0. The van der Waals surface area contributed by atoms with E-state index in [-0.39, 0.29) is 0 Å². The Kier molecular flexibility index (Phi) is 4.84. The van der Waals surface area contributed by atoms with Crippen LogP contribution in [0.15, 0.2) is 21.2 Å². The van der Waals surface area contributed by atoms with Crippen LogP contribution >= 0.6 is 31.9 Å². The Morgan fingerprint density at radius 1 is 1.44 bits per heavy atom. The van der Waals surface area contributed by atoms with Crippen LogP contribution in [0, 0.1) is 5.41 Å². The van der Waals surface area contributed by atoms with Gasteiger partial charge in [-0.25, -0.2) is 0 Å². The molecule has 0 bridgehead atoms. The molecule has 1 aromatic rings. The lowest BCUT2D eigenvalue weighted by Gasteiger charge is -2.35. The number of halogens is 2. The zero-order valence-corrected chi connectivity index (χ0v) is 14.1. The van der Waals surface area contributed by atoms with Crippen molar-refractivity contribution < 1.29 is 0 Å². The maximum atomic E-state index is 4.44. The van der Waals surface area contributed by atoms with Gasteiger partial charge < -0.3 is 5.32 Å². The van der Waals surface area contributed by atoms with Crippen LogP contribution in [0.2, 0.25) is 0 Å². The molecule has 0 aliphatic heterocycles. The third kappa shape index (κ3) is 4.04. The highest BCUT2D eigenvalue weighted by Gasteiger charge is 2.27. The Balaban J connectivity index is 1.91. The average molecular weight is 376 g/mol. The minimum atomic E-state index is 0.486. The fourth-order valence-electron chi connectivity index (χ4n) is 2.69. The SMILES string of the molecule is CC1(C)CCCC(NCc2ncc(Br)cc2Br)C1. The summed E-state index contributed by atoms with van der Waals surface area (Å²) >= 11 is 6.99. The third-order valence-electron chi connectivity index (χ3n) is 3.65. The van der Waals surface area contributed by atoms with Crippen molar-refractivity contribution in [2.24, 2.45) is 5.41 Å². The standard InChI is InChI=1S/C14H20Br2N2/c1-14(2)5-3-4-11(7-14)17-9-13-12(16)6-10(15)8-18-13/h6,8,11,17H,3-5,7,9H2,1-2H3. The second kappa shape index (κ2) is 6.02. The molecule has 0 radical (unpaired) electrons. The molecule has 1 atom stereocenters. The van der Waals surface area contributed by atoms with E-state index in [0.29, 0.717) is 11.5 Å². The molecular weight excluding hydrogens is 356 g/mol. The van der Waals surface area contributed by atoms with Gasteiger partial charge in [0, 0.05) is 27.7 Å². The van der Waals surface area contributed by atoms with E-state index in [9.17, 15) is 0 Å². The van der Waals surface area contributed by atoms with Gasteiger partial charge in [-0.3, -0.25) is 4.98 Å². The first kappa shape index (κ1) is 14.5. The molecule has 1 fully saturated rings. The largest absolute Gasteiger partial charge is 0.308 e. The van der Waals surface area contributed by atoms with Crippen LogP contribution < -0.4 is 5.32 Å². The van der Waals surface area contributed by atoms with Crippen molar-refractivity contribution in [2.45, 2.75) is 52.1 Å². The number of nitrogens with one attached hydrogen (secondary N) is 1. The van der Waals surface area contributed by atoms with Crippen molar-refractivity contribution in [2.75, 3.05) is 0 Å². The maximum absolute atomic E-state index is 4.44. The van der Waals surface area contributed by atoms with Crippen LogP contribution in [0.1, 0.15) is 45.2 Å².